The van der Waals surface area contributed by atoms with Crippen molar-refractivity contribution in [1.29, 1.82) is 0 Å². The van der Waals surface area contributed by atoms with Gasteiger partial charge in [0.05, 0.1) is 5.92 Å². The topological polar surface area (TPSA) is 88.3 Å². The molecular weight excluding hydrogens is 400 g/mol. The number of amides is 2. The van der Waals surface area contributed by atoms with E-state index in [4.69, 9.17) is 4.42 Å². The molecule has 3 aromatic rings. The molecule has 30 heavy (non-hydrogen) atoms. The molecule has 0 spiro atoms. The summed E-state index contributed by atoms with van der Waals surface area (Å²) in [6, 6.07) is 17.7. The van der Waals surface area contributed by atoms with E-state index in [9.17, 15) is 9.59 Å². The van der Waals surface area contributed by atoms with Gasteiger partial charge in [0.1, 0.15) is 0 Å². The Kier molecular flexibility index (Phi) is 6.13. The van der Waals surface area contributed by atoms with Gasteiger partial charge in [-0.15, -0.1) is 16.9 Å². The van der Waals surface area contributed by atoms with Crippen LogP contribution in [0.3, 0.4) is 0 Å². The molecule has 8 heteroatoms. The van der Waals surface area contributed by atoms with Crippen molar-refractivity contribution < 1.29 is 14.0 Å². The summed E-state index contributed by atoms with van der Waals surface area (Å²) < 4.78 is 5.62. The second-order valence-corrected chi connectivity index (χ2v) is 7.96. The van der Waals surface area contributed by atoms with Crippen molar-refractivity contribution in [3.8, 4) is 0 Å². The lowest BCUT2D eigenvalue weighted by Crippen LogP contribution is -2.24. The fourth-order valence-corrected chi connectivity index (χ4v) is 3.83. The minimum absolute atomic E-state index is 0.0172. The van der Waals surface area contributed by atoms with Crippen LogP contribution in [0.4, 0.5) is 11.7 Å². The van der Waals surface area contributed by atoms with E-state index >= 15 is 0 Å². The van der Waals surface area contributed by atoms with Crippen molar-refractivity contribution in [2.75, 3.05) is 23.0 Å². The summed E-state index contributed by atoms with van der Waals surface area (Å²) in [5.74, 6) is 0.000695. The molecule has 2 aromatic carbocycles. The number of benzene rings is 2. The Bertz CT molecular complexity index is 1020. The van der Waals surface area contributed by atoms with Crippen molar-refractivity contribution in [2.45, 2.75) is 30.1 Å². The van der Waals surface area contributed by atoms with Gasteiger partial charge in [-0.1, -0.05) is 35.4 Å². The molecule has 1 fully saturated rings. The summed E-state index contributed by atoms with van der Waals surface area (Å²) in [5.41, 5.74) is 1.95. The molecule has 7 nitrogen and oxygen atoms in total. The Balaban J connectivity index is 1.34. The first kappa shape index (κ1) is 20.2. The normalized spacial score (nSPS) is 16.1. The van der Waals surface area contributed by atoms with E-state index in [1.54, 1.807) is 16.7 Å². The number of rotatable bonds is 7. The minimum atomic E-state index is -0.194. The summed E-state index contributed by atoms with van der Waals surface area (Å²) in [6.07, 6.45) is 3.27. The Hall–Kier alpha value is -3.13. The first-order valence-electron chi connectivity index (χ1n) is 9.74. The number of carbonyl (C=O) groups excluding carboxylic acids is 2. The zero-order valence-corrected chi connectivity index (χ0v) is 17.4. The third kappa shape index (κ3) is 4.71. The van der Waals surface area contributed by atoms with Crippen LogP contribution in [0.25, 0.3) is 0 Å². The fraction of sp³-hybridized carbons (Fsp3) is 0.273. The number of aryl methyl sites for hydroxylation is 1. The molecular formula is C22H22N4O3S. The Morgan fingerprint density at radius 3 is 2.67 bits per heavy atom. The number of hydrogen-bond acceptors (Lipinski definition) is 6. The molecule has 1 aromatic heterocycles. The molecule has 0 aliphatic carbocycles. The molecule has 1 N–H and O–H groups in total. The number of thioether (sulfide) groups is 1. The number of aromatic nitrogens is 2. The quantitative estimate of drug-likeness (QED) is 0.581. The number of nitrogens with one attached hydrogen (secondary N) is 1. The molecule has 2 heterocycles. The van der Waals surface area contributed by atoms with Gasteiger partial charge in [0.15, 0.2) is 0 Å². The van der Waals surface area contributed by atoms with Crippen molar-refractivity contribution in [3.63, 3.8) is 0 Å². The van der Waals surface area contributed by atoms with Crippen LogP contribution in [0.5, 0.6) is 0 Å². The van der Waals surface area contributed by atoms with Crippen LogP contribution in [0.15, 0.2) is 63.9 Å². The van der Waals surface area contributed by atoms with Gasteiger partial charge in [0.2, 0.25) is 17.7 Å². The van der Waals surface area contributed by atoms with E-state index in [1.165, 1.54) is 0 Å². The van der Waals surface area contributed by atoms with Crippen LogP contribution in [-0.4, -0.2) is 34.8 Å². The predicted octanol–water partition coefficient (Wildman–Crippen LogP) is 3.88. The highest BCUT2D eigenvalue weighted by Crippen LogP contribution is 2.32. The van der Waals surface area contributed by atoms with Crippen LogP contribution in [0.2, 0.25) is 0 Å². The van der Waals surface area contributed by atoms with E-state index in [1.807, 2.05) is 60.9 Å². The minimum Gasteiger partial charge on any atom is -0.407 e. The number of nitrogens with zero attached hydrogens (tertiary/aromatic N) is 3. The Morgan fingerprint density at radius 1 is 1.17 bits per heavy atom. The Morgan fingerprint density at radius 2 is 1.93 bits per heavy atom. The zero-order valence-electron chi connectivity index (χ0n) is 16.6. The van der Waals surface area contributed by atoms with Gasteiger partial charge in [0.25, 0.3) is 0 Å². The lowest BCUT2D eigenvalue weighted by Gasteiger charge is -2.16. The van der Waals surface area contributed by atoms with Crippen LogP contribution in [0.1, 0.15) is 30.2 Å². The second kappa shape index (κ2) is 9.13. The number of anilines is 2. The largest absolute Gasteiger partial charge is 0.407 e. The summed E-state index contributed by atoms with van der Waals surface area (Å²) in [4.78, 5) is 27.5. The molecule has 0 bridgehead atoms. The Labute approximate surface area is 178 Å². The fourth-order valence-electron chi connectivity index (χ4n) is 3.42. The van der Waals surface area contributed by atoms with Gasteiger partial charge in [-0.3, -0.25) is 14.9 Å². The maximum Gasteiger partial charge on any atom is 0.322 e. The summed E-state index contributed by atoms with van der Waals surface area (Å²) in [5, 5.41) is 10.6. The molecule has 2 amide bonds. The van der Waals surface area contributed by atoms with Gasteiger partial charge in [-0.05, 0) is 42.5 Å². The average molecular weight is 423 g/mol. The molecule has 0 radical (unpaired) electrons. The van der Waals surface area contributed by atoms with Crippen molar-refractivity contribution in [3.05, 3.63) is 66.1 Å². The first-order chi connectivity index (χ1) is 14.6. The zero-order chi connectivity index (χ0) is 20.9. The highest BCUT2D eigenvalue weighted by atomic mass is 32.2. The number of hydrogen-bond donors (Lipinski definition) is 1. The SMILES string of the molecule is CSc1ccc(N2C[C@@H](c3nnc(NC(=O)CCc4ccccc4)o3)CC2=O)cc1. The molecule has 154 valence electrons. The standard InChI is InChI=1S/C22H22N4O3S/c1-30-18-10-8-17(9-11-18)26-14-16(13-20(26)28)21-24-25-22(29-21)23-19(27)12-7-15-5-3-2-4-6-15/h2-6,8-11,16H,7,12-14H2,1H3,(H,23,25,27)/t16-/m0/s1. The summed E-state index contributed by atoms with van der Waals surface area (Å²) in [7, 11) is 0. The van der Waals surface area contributed by atoms with Gasteiger partial charge < -0.3 is 9.32 Å². The van der Waals surface area contributed by atoms with Crippen molar-refractivity contribution >= 4 is 35.3 Å². The molecule has 1 aliphatic rings. The van der Waals surface area contributed by atoms with Crippen LogP contribution < -0.4 is 10.2 Å². The first-order valence-corrected chi connectivity index (χ1v) is 11.0. The number of carbonyl (C=O) groups is 2. The predicted molar refractivity (Wildman–Crippen MR) is 116 cm³/mol. The smallest absolute Gasteiger partial charge is 0.322 e. The van der Waals surface area contributed by atoms with E-state index < -0.39 is 0 Å². The van der Waals surface area contributed by atoms with Crippen molar-refractivity contribution in [2.24, 2.45) is 0 Å². The van der Waals surface area contributed by atoms with E-state index in [-0.39, 0.29) is 23.7 Å². The summed E-state index contributed by atoms with van der Waals surface area (Å²) >= 11 is 1.66. The van der Waals surface area contributed by atoms with Gasteiger partial charge in [-0.2, -0.15) is 0 Å². The van der Waals surface area contributed by atoms with Crippen LogP contribution >= 0.6 is 11.8 Å². The maximum atomic E-state index is 12.5. The van der Waals surface area contributed by atoms with Crippen LogP contribution in [0, 0.1) is 0 Å². The van der Waals surface area contributed by atoms with Crippen LogP contribution in [-0.2, 0) is 16.0 Å². The highest BCUT2D eigenvalue weighted by molar-refractivity contribution is 7.98. The lowest BCUT2D eigenvalue weighted by atomic mass is 10.1. The average Bonchev–Trinajstić information content (AvgIpc) is 3.39. The lowest BCUT2D eigenvalue weighted by molar-refractivity contribution is -0.117. The molecule has 1 atom stereocenters. The van der Waals surface area contributed by atoms with Gasteiger partial charge in [0, 0.05) is 30.0 Å². The second-order valence-electron chi connectivity index (χ2n) is 7.08. The highest BCUT2D eigenvalue weighted by Gasteiger charge is 2.35. The monoisotopic (exact) mass is 422 g/mol. The third-order valence-corrected chi connectivity index (χ3v) is 5.77. The molecule has 1 aliphatic heterocycles. The summed E-state index contributed by atoms with van der Waals surface area (Å²) in [6.45, 7) is 0.473. The van der Waals surface area contributed by atoms with Gasteiger partial charge in [-0.25, -0.2) is 0 Å². The van der Waals surface area contributed by atoms with E-state index in [2.05, 4.69) is 15.5 Å². The molecule has 0 unspecified atom stereocenters. The maximum absolute atomic E-state index is 12.5. The molecule has 0 saturated carbocycles. The molecule has 4 rings (SSSR count). The molecule has 1 saturated heterocycles. The van der Waals surface area contributed by atoms with E-state index in [0.29, 0.717) is 31.7 Å². The van der Waals surface area contributed by atoms with E-state index in [0.717, 1.165) is 16.1 Å². The van der Waals surface area contributed by atoms with Crippen molar-refractivity contribution in [1.82, 2.24) is 10.2 Å². The van der Waals surface area contributed by atoms with Gasteiger partial charge >= 0.3 is 6.01 Å². The third-order valence-electron chi connectivity index (χ3n) is 5.03.